The second-order valence-corrected chi connectivity index (χ2v) is 11.4. The monoisotopic (exact) mass is 634 g/mol. The number of methoxy groups -OCH3 is 2. The highest BCUT2D eigenvalue weighted by Gasteiger charge is 2.37. The van der Waals surface area contributed by atoms with Gasteiger partial charge in [0, 0.05) is 43.0 Å². The molecule has 3 heterocycles. The predicted molar refractivity (Wildman–Crippen MR) is 183 cm³/mol. The summed E-state index contributed by atoms with van der Waals surface area (Å²) >= 11 is 0. The fourth-order valence-corrected chi connectivity index (χ4v) is 6.32. The molecular formula is C37H38N4O6. The number of nitrogens with one attached hydrogen (secondary N) is 1. The van der Waals surface area contributed by atoms with E-state index >= 15 is 0 Å². The molecule has 1 atom stereocenters. The number of aliphatic imine (C=N–C) groups is 1. The minimum absolute atomic E-state index is 0.0348. The Morgan fingerprint density at radius 3 is 2.49 bits per heavy atom. The molecule has 10 heteroatoms. The smallest absolute Gasteiger partial charge is 0.260 e. The number of hydrogen-bond donors (Lipinski definition) is 1. The number of nitrogens with zero attached hydrogens (tertiary/aromatic N) is 3. The summed E-state index contributed by atoms with van der Waals surface area (Å²) in [5.41, 5.74) is 5.73. The van der Waals surface area contributed by atoms with E-state index in [4.69, 9.17) is 18.9 Å². The summed E-state index contributed by atoms with van der Waals surface area (Å²) < 4.78 is 23.4. The van der Waals surface area contributed by atoms with Gasteiger partial charge >= 0.3 is 0 Å². The van der Waals surface area contributed by atoms with Gasteiger partial charge in [0.2, 0.25) is 0 Å². The summed E-state index contributed by atoms with van der Waals surface area (Å²) in [6, 6.07) is 14.9. The van der Waals surface area contributed by atoms with E-state index in [-0.39, 0.29) is 17.9 Å². The Kier molecular flexibility index (Phi) is 9.01. The lowest BCUT2D eigenvalue weighted by molar-refractivity contribution is 0.0826. The van der Waals surface area contributed by atoms with Crippen LogP contribution in [0, 0.1) is 0 Å². The number of fused-ring (bicyclic) bond motifs is 4. The maximum atomic E-state index is 13.7. The second-order valence-electron chi connectivity index (χ2n) is 11.4. The highest BCUT2D eigenvalue weighted by molar-refractivity contribution is 6.12. The van der Waals surface area contributed by atoms with Gasteiger partial charge in [-0.1, -0.05) is 37.4 Å². The summed E-state index contributed by atoms with van der Waals surface area (Å²) in [5.74, 6) is 1.55. The largest absolute Gasteiger partial charge is 0.493 e. The number of benzene rings is 3. The van der Waals surface area contributed by atoms with Crippen molar-refractivity contribution >= 4 is 35.6 Å². The third-order valence-corrected chi connectivity index (χ3v) is 8.65. The fourth-order valence-electron chi connectivity index (χ4n) is 6.32. The minimum Gasteiger partial charge on any atom is -0.493 e. The van der Waals surface area contributed by atoms with E-state index in [1.807, 2.05) is 29.2 Å². The molecule has 10 nitrogen and oxygen atoms in total. The lowest BCUT2D eigenvalue weighted by Crippen LogP contribution is -2.39. The molecule has 0 radical (unpaired) electrons. The van der Waals surface area contributed by atoms with E-state index in [9.17, 15) is 9.59 Å². The zero-order valence-corrected chi connectivity index (χ0v) is 26.7. The van der Waals surface area contributed by atoms with Crippen LogP contribution in [0.4, 0.5) is 17.1 Å². The number of likely N-dealkylation sites (tertiary alicyclic amines) is 1. The molecule has 3 aromatic carbocycles. The number of para-hydroxylation sites is 1. The molecule has 2 amide bonds. The van der Waals surface area contributed by atoms with E-state index < -0.39 is 0 Å². The van der Waals surface area contributed by atoms with Gasteiger partial charge in [-0.15, -0.1) is 0 Å². The van der Waals surface area contributed by atoms with E-state index in [1.165, 1.54) is 12.7 Å². The van der Waals surface area contributed by atoms with E-state index in [1.54, 1.807) is 42.4 Å². The molecule has 1 unspecified atom stereocenters. The third kappa shape index (κ3) is 5.94. The molecule has 0 bridgehead atoms. The second kappa shape index (κ2) is 13.5. The van der Waals surface area contributed by atoms with Gasteiger partial charge in [0.05, 0.1) is 56.0 Å². The molecule has 242 valence electrons. The Morgan fingerprint density at radius 2 is 1.77 bits per heavy atom. The van der Waals surface area contributed by atoms with Crippen molar-refractivity contribution in [3.05, 3.63) is 102 Å². The fraction of sp³-hybridized carbons (Fsp3) is 0.270. The number of allylic oxidation sites excluding steroid dienone is 3. The van der Waals surface area contributed by atoms with Crippen LogP contribution in [-0.2, 0) is 6.42 Å². The van der Waals surface area contributed by atoms with E-state index in [0.29, 0.717) is 84.6 Å². The number of carbonyl (C=O) groups is 2. The molecule has 6 rings (SSSR count). The van der Waals surface area contributed by atoms with Gasteiger partial charge in [-0.2, -0.15) is 0 Å². The number of carbonyl (C=O) groups excluding carboxylic acids is 2. The lowest BCUT2D eigenvalue weighted by Gasteiger charge is -2.22. The first-order valence-corrected chi connectivity index (χ1v) is 15.5. The summed E-state index contributed by atoms with van der Waals surface area (Å²) in [6.45, 7) is 13.3. The Hall–Kier alpha value is -5.51. The summed E-state index contributed by atoms with van der Waals surface area (Å²) in [4.78, 5) is 34.9. The Bertz CT molecular complexity index is 1800. The Morgan fingerprint density at radius 1 is 1.04 bits per heavy atom. The van der Waals surface area contributed by atoms with Gasteiger partial charge in [-0.3, -0.25) is 14.6 Å². The van der Waals surface area contributed by atoms with Gasteiger partial charge in [-0.05, 0) is 55.0 Å². The minimum atomic E-state index is -0.228. The summed E-state index contributed by atoms with van der Waals surface area (Å²) in [5, 5.41) is 3.45. The van der Waals surface area contributed by atoms with Crippen LogP contribution >= 0.6 is 0 Å². The van der Waals surface area contributed by atoms with Crippen LogP contribution in [0.25, 0.3) is 0 Å². The molecule has 3 aliphatic rings. The number of amides is 2. The van der Waals surface area contributed by atoms with Crippen LogP contribution in [0.2, 0.25) is 0 Å². The van der Waals surface area contributed by atoms with Gasteiger partial charge in [0.25, 0.3) is 11.8 Å². The topological polar surface area (TPSA) is 102 Å². The Labute approximate surface area is 274 Å². The van der Waals surface area contributed by atoms with Crippen molar-refractivity contribution in [3.63, 3.8) is 0 Å². The normalized spacial score (nSPS) is 17.3. The molecule has 0 aromatic heterocycles. The molecule has 1 N–H and O–H groups in total. The zero-order chi connectivity index (χ0) is 33.1. The first kappa shape index (κ1) is 31.5. The first-order valence-electron chi connectivity index (χ1n) is 15.5. The van der Waals surface area contributed by atoms with Crippen molar-refractivity contribution < 1.29 is 28.5 Å². The van der Waals surface area contributed by atoms with Crippen molar-refractivity contribution in [2.75, 3.05) is 50.7 Å². The number of rotatable bonds is 11. The van der Waals surface area contributed by atoms with E-state index in [2.05, 4.69) is 36.3 Å². The maximum Gasteiger partial charge on any atom is 0.260 e. The van der Waals surface area contributed by atoms with Crippen LogP contribution < -0.4 is 29.2 Å². The highest BCUT2D eigenvalue weighted by atomic mass is 16.5. The SMILES string of the molecule is C=C/C=C1\C(=C)CCN1C(=O)c1cc(OC)c(OCCCOc2cc3c(cc2OC)C(=O)N2c4ccccc4CC2CN3)cc1N=C. The van der Waals surface area contributed by atoms with Gasteiger partial charge in [0.15, 0.2) is 23.0 Å². The number of hydrogen-bond acceptors (Lipinski definition) is 8. The standard InChI is InChI=1S/C37H38N4O6/c1-6-10-30-23(2)13-14-40(30)36(42)26-18-32(44-4)34(20-28(26)38-3)46-15-9-16-47-35-21-29-27(19-33(35)45-5)37(43)41-25(22-39-29)17-24-11-7-8-12-31(24)41/h6-8,10-12,18-21,25,39H,1-3,9,13-17,22H2,4-5H3/b30-10+. The summed E-state index contributed by atoms with van der Waals surface area (Å²) in [7, 11) is 3.08. The Balaban J connectivity index is 1.11. The summed E-state index contributed by atoms with van der Waals surface area (Å²) in [6.07, 6.45) is 5.45. The van der Waals surface area contributed by atoms with Crippen LogP contribution in [0.3, 0.4) is 0 Å². The average Bonchev–Trinajstić information content (AvgIpc) is 3.62. The molecule has 0 spiro atoms. The molecule has 3 aromatic rings. The maximum absolute atomic E-state index is 13.7. The van der Waals surface area contributed by atoms with Crippen molar-refractivity contribution in [1.29, 1.82) is 0 Å². The van der Waals surface area contributed by atoms with Crippen molar-refractivity contribution in [2.24, 2.45) is 4.99 Å². The lowest BCUT2D eigenvalue weighted by atomic mass is 10.1. The van der Waals surface area contributed by atoms with Crippen LogP contribution in [0.15, 0.2) is 90.1 Å². The van der Waals surface area contributed by atoms with Crippen molar-refractivity contribution in [1.82, 2.24) is 4.90 Å². The van der Waals surface area contributed by atoms with Crippen LogP contribution in [-0.4, -0.2) is 70.0 Å². The van der Waals surface area contributed by atoms with Gasteiger partial charge in [0.1, 0.15) is 0 Å². The molecule has 3 aliphatic heterocycles. The van der Waals surface area contributed by atoms with Crippen LogP contribution in [0.1, 0.15) is 39.1 Å². The van der Waals surface area contributed by atoms with Gasteiger partial charge in [-0.25, -0.2) is 0 Å². The zero-order valence-electron chi connectivity index (χ0n) is 26.7. The molecular weight excluding hydrogens is 596 g/mol. The predicted octanol–water partition coefficient (Wildman–Crippen LogP) is 6.35. The first-order chi connectivity index (χ1) is 22.9. The molecule has 1 fully saturated rings. The molecule has 47 heavy (non-hydrogen) atoms. The van der Waals surface area contributed by atoms with Crippen molar-refractivity contribution in [3.8, 4) is 23.0 Å². The van der Waals surface area contributed by atoms with Crippen LogP contribution in [0.5, 0.6) is 23.0 Å². The average molecular weight is 635 g/mol. The van der Waals surface area contributed by atoms with Gasteiger partial charge < -0.3 is 34.1 Å². The molecule has 0 aliphatic carbocycles. The number of ether oxygens (including phenoxy) is 4. The quantitative estimate of drug-likeness (QED) is 0.194. The molecule has 0 saturated carbocycles. The van der Waals surface area contributed by atoms with Crippen molar-refractivity contribution in [2.45, 2.75) is 25.3 Å². The highest BCUT2D eigenvalue weighted by Crippen LogP contribution is 2.41. The van der Waals surface area contributed by atoms with E-state index in [0.717, 1.165) is 23.4 Å². The molecule has 1 saturated heterocycles. The third-order valence-electron chi connectivity index (χ3n) is 8.65. The number of anilines is 2.